The molecule has 0 radical (unpaired) electrons. The summed E-state index contributed by atoms with van der Waals surface area (Å²) < 4.78 is 9.42. The van der Waals surface area contributed by atoms with Gasteiger partial charge in [-0.05, 0) is 12.8 Å². The van der Waals surface area contributed by atoms with Crippen LogP contribution in [0.15, 0.2) is 11.3 Å². The van der Waals surface area contributed by atoms with Crippen LogP contribution in [-0.4, -0.2) is 40.2 Å². The first-order chi connectivity index (χ1) is 7.93. The van der Waals surface area contributed by atoms with Gasteiger partial charge in [0.1, 0.15) is 6.34 Å². The highest BCUT2D eigenvalue weighted by molar-refractivity contribution is 7.09. The molecule has 1 atom stereocenters. The van der Waals surface area contributed by atoms with Gasteiger partial charge in [-0.2, -0.15) is 10.7 Å². The Morgan fingerprint density at radius 3 is 3.38 bits per heavy atom. The molecule has 16 heavy (non-hydrogen) atoms. The molecule has 0 aromatic carbocycles. The predicted octanol–water partition coefficient (Wildman–Crippen LogP) is 0.202. The molecule has 3 rings (SSSR count). The predicted molar refractivity (Wildman–Crippen MR) is 59.7 cm³/mol. The third kappa shape index (κ3) is 1.81. The SMILES string of the molecule is C1=NNN(c2cnns2)N1CC1CCCO1. The van der Waals surface area contributed by atoms with E-state index in [9.17, 15) is 0 Å². The lowest BCUT2D eigenvalue weighted by molar-refractivity contribution is 0.0901. The molecule has 0 aliphatic carbocycles. The van der Waals surface area contributed by atoms with E-state index < -0.39 is 0 Å². The number of aromatic nitrogens is 2. The molecule has 1 N–H and O–H groups in total. The number of hydrogen-bond acceptors (Lipinski definition) is 8. The van der Waals surface area contributed by atoms with E-state index >= 15 is 0 Å². The van der Waals surface area contributed by atoms with Gasteiger partial charge in [0, 0.05) is 18.1 Å². The van der Waals surface area contributed by atoms with Gasteiger partial charge in [0.15, 0.2) is 5.00 Å². The monoisotopic (exact) mass is 240 g/mol. The molecule has 1 aromatic rings. The minimum Gasteiger partial charge on any atom is -0.376 e. The maximum absolute atomic E-state index is 5.59. The van der Waals surface area contributed by atoms with Crippen molar-refractivity contribution in [2.24, 2.45) is 5.10 Å². The van der Waals surface area contributed by atoms with Gasteiger partial charge in [0.25, 0.3) is 0 Å². The molecule has 2 aliphatic rings. The number of hydrazine groups is 2. The lowest BCUT2D eigenvalue weighted by Gasteiger charge is -2.27. The van der Waals surface area contributed by atoms with Gasteiger partial charge >= 0.3 is 0 Å². The highest BCUT2D eigenvalue weighted by Gasteiger charge is 2.25. The molecule has 0 saturated carbocycles. The fourth-order valence-corrected chi connectivity index (χ4v) is 2.31. The summed E-state index contributed by atoms with van der Waals surface area (Å²) in [5, 5.41) is 12.5. The van der Waals surface area contributed by atoms with Crippen molar-refractivity contribution in [3.05, 3.63) is 6.20 Å². The lowest BCUT2D eigenvalue weighted by Crippen LogP contribution is -2.46. The van der Waals surface area contributed by atoms with Gasteiger partial charge in [-0.1, -0.05) is 4.49 Å². The maximum atomic E-state index is 5.59. The smallest absolute Gasteiger partial charge is 0.176 e. The number of hydrazone groups is 1. The number of hydrogen-bond donors (Lipinski definition) is 1. The van der Waals surface area contributed by atoms with Crippen molar-refractivity contribution in [2.45, 2.75) is 18.9 Å². The third-order valence-corrected chi connectivity index (χ3v) is 3.21. The van der Waals surface area contributed by atoms with Crippen LogP contribution in [0.2, 0.25) is 0 Å². The fourth-order valence-electron chi connectivity index (χ4n) is 1.81. The molecule has 86 valence electrons. The molecule has 0 spiro atoms. The Kier molecular flexibility index (Phi) is 2.58. The van der Waals surface area contributed by atoms with Crippen LogP contribution in [0.1, 0.15) is 12.8 Å². The van der Waals surface area contributed by atoms with Crippen LogP contribution in [0.25, 0.3) is 0 Å². The van der Waals surface area contributed by atoms with Gasteiger partial charge in [0.2, 0.25) is 0 Å². The van der Waals surface area contributed by atoms with Crippen molar-refractivity contribution in [1.29, 1.82) is 0 Å². The summed E-state index contributed by atoms with van der Waals surface area (Å²) in [7, 11) is 0. The van der Waals surface area contributed by atoms with E-state index in [-0.39, 0.29) is 6.10 Å². The van der Waals surface area contributed by atoms with E-state index in [1.54, 1.807) is 12.5 Å². The quantitative estimate of drug-likeness (QED) is 0.814. The number of ether oxygens (including phenoxy) is 1. The van der Waals surface area contributed by atoms with Gasteiger partial charge in [-0.3, -0.25) is 0 Å². The van der Waals surface area contributed by atoms with Crippen molar-refractivity contribution in [2.75, 3.05) is 18.3 Å². The fraction of sp³-hybridized carbons (Fsp3) is 0.625. The summed E-state index contributed by atoms with van der Waals surface area (Å²) in [5.74, 6) is 0. The van der Waals surface area contributed by atoms with Crippen molar-refractivity contribution in [3.63, 3.8) is 0 Å². The Bertz CT molecular complexity index is 363. The van der Waals surface area contributed by atoms with Crippen molar-refractivity contribution >= 4 is 22.9 Å². The highest BCUT2D eigenvalue weighted by atomic mass is 32.1. The largest absolute Gasteiger partial charge is 0.376 e. The number of nitrogens with zero attached hydrogens (tertiary/aromatic N) is 5. The summed E-state index contributed by atoms with van der Waals surface area (Å²) in [5.41, 5.74) is 2.89. The average molecular weight is 240 g/mol. The standard InChI is InChI=1S/C8H12N6OS/c1-2-7(15-3-1)5-13-6-10-11-14(13)8-4-9-12-16-8/h4,6-7,11H,1-3,5H2. The summed E-state index contributed by atoms with van der Waals surface area (Å²) in [6.07, 6.45) is 6.00. The van der Waals surface area contributed by atoms with E-state index in [4.69, 9.17) is 4.74 Å². The van der Waals surface area contributed by atoms with Crippen LogP contribution in [0.4, 0.5) is 5.00 Å². The topological polar surface area (TPSA) is 65.9 Å². The van der Waals surface area contributed by atoms with E-state index in [2.05, 4.69) is 20.2 Å². The zero-order chi connectivity index (χ0) is 10.8. The Morgan fingerprint density at radius 2 is 2.62 bits per heavy atom. The summed E-state index contributed by atoms with van der Waals surface area (Å²) >= 11 is 1.32. The Hall–Kier alpha value is -1.41. The summed E-state index contributed by atoms with van der Waals surface area (Å²) in [6.45, 7) is 1.67. The third-order valence-electron chi connectivity index (χ3n) is 2.57. The number of nitrogens with one attached hydrogen (secondary N) is 1. The number of anilines is 1. The number of rotatable bonds is 3. The minimum absolute atomic E-state index is 0.287. The molecule has 2 aliphatic heterocycles. The molecule has 1 saturated heterocycles. The summed E-state index contributed by atoms with van der Waals surface area (Å²) in [6, 6.07) is 0. The van der Waals surface area contributed by atoms with Crippen LogP contribution < -0.4 is 10.7 Å². The van der Waals surface area contributed by atoms with Crippen LogP contribution in [-0.2, 0) is 4.74 Å². The molecular formula is C8H12N6OS. The van der Waals surface area contributed by atoms with Crippen molar-refractivity contribution in [1.82, 2.24) is 20.1 Å². The Balaban J connectivity index is 1.66. The normalized spacial score (nSPS) is 24.1. The summed E-state index contributed by atoms with van der Waals surface area (Å²) in [4.78, 5) is 0. The Labute approximate surface area is 96.8 Å². The molecule has 3 heterocycles. The molecular weight excluding hydrogens is 228 g/mol. The molecule has 0 bridgehead atoms. The van der Waals surface area contributed by atoms with E-state index in [0.717, 1.165) is 31.0 Å². The van der Waals surface area contributed by atoms with E-state index in [1.807, 2.05) is 10.1 Å². The molecule has 1 aromatic heterocycles. The van der Waals surface area contributed by atoms with Gasteiger partial charge in [-0.15, -0.1) is 10.2 Å². The Morgan fingerprint density at radius 1 is 1.62 bits per heavy atom. The molecule has 7 nitrogen and oxygen atoms in total. The first kappa shape index (κ1) is 9.79. The molecule has 8 heteroatoms. The zero-order valence-electron chi connectivity index (χ0n) is 8.61. The van der Waals surface area contributed by atoms with Crippen LogP contribution in [0, 0.1) is 0 Å². The maximum Gasteiger partial charge on any atom is 0.176 e. The second-order valence-electron chi connectivity index (χ2n) is 3.67. The zero-order valence-corrected chi connectivity index (χ0v) is 9.43. The van der Waals surface area contributed by atoms with Gasteiger partial charge in [0.05, 0.1) is 18.8 Å². The molecule has 1 unspecified atom stereocenters. The molecule has 0 amide bonds. The molecule has 1 fully saturated rings. The lowest BCUT2D eigenvalue weighted by atomic mass is 10.2. The second-order valence-corrected chi connectivity index (χ2v) is 4.43. The van der Waals surface area contributed by atoms with Gasteiger partial charge < -0.3 is 4.74 Å². The van der Waals surface area contributed by atoms with Crippen LogP contribution in [0.5, 0.6) is 0 Å². The van der Waals surface area contributed by atoms with Crippen molar-refractivity contribution in [3.8, 4) is 0 Å². The van der Waals surface area contributed by atoms with Crippen LogP contribution in [0.3, 0.4) is 0 Å². The van der Waals surface area contributed by atoms with E-state index in [1.165, 1.54) is 11.5 Å². The van der Waals surface area contributed by atoms with Gasteiger partial charge in [-0.25, -0.2) is 5.01 Å². The van der Waals surface area contributed by atoms with Crippen LogP contribution >= 0.6 is 11.5 Å². The highest BCUT2D eigenvalue weighted by Crippen LogP contribution is 2.20. The first-order valence-electron chi connectivity index (χ1n) is 5.18. The first-order valence-corrected chi connectivity index (χ1v) is 5.95. The second kappa shape index (κ2) is 4.22. The minimum atomic E-state index is 0.287. The van der Waals surface area contributed by atoms with Crippen molar-refractivity contribution < 1.29 is 4.74 Å². The van der Waals surface area contributed by atoms with E-state index in [0.29, 0.717) is 0 Å². The average Bonchev–Trinajstić information content (AvgIpc) is 2.98.